The van der Waals surface area contributed by atoms with Crippen molar-refractivity contribution in [2.45, 2.75) is 116 Å². The summed E-state index contributed by atoms with van der Waals surface area (Å²) in [7, 11) is 0. The van der Waals surface area contributed by atoms with Crippen molar-refractivity contribution in [1.82, 2.24) is 0 Å². The maximum absolute atomic E-state index is 10.6. The van der Waals surface area contributed by atoms with Crippen LogP contribution in [0.1, 0.15) is 104 Å². The fourth-order valence-electron chi connectivity index (χ4n) is 4.95. The third-order valence-electron chi connectivity index (χ3n) is 7.54. The molecule has 0 amide bonds. The molecule has 0 aromatic heterocycles. The average molecular weight is 600 g/mol. The van der Waals surface area contributed by atoms with Gasteiger partial charge in [0.1, 0.15) is 0 Å². The second-order valence-electron chi connectivity index (χ2n) is 11.7. The van der Waals surface area contributed by atoms with Crippen LogP contribution in [0.5, 0.6) is 0 Å². The summed E-state index contributed by atoms with van der Waals surface area (Å²) in [6, 6.07) is 16.0. The highest BCUT2D eigenvalue weighted by Gasteiger charge is 2.11. The lowest BCUT2D eigenvalue weighted by Gasteiger charge is -2.20. The molecule has 2 aromatic carbocycles. The van der Waals surface area contributed by atoms with E-state index in [2.05, 4.69) is 29.8 Å². The van der Waals surface area contributed by atoms with E-state index in [-0.39, 0.29) is 0 Å². The highest BCUT2D eigenvalue weighted by molar-refractivity contribution is 5.76. The Labute approximate surface area is 262 Å². The van der Waals surface area contributed by atoms with E-state index in [9.17, 15) is 10.2 Å². The molecule has 2 aromatic rings. The van der Waals surface area contributed by atoms with Crippen molar-refractivity contribution in [3.63, 3.8) is 0 Å². The van der Waals surface area contributed by atoms with Gasteiger partial charge >= 0.3 is 0 Å². The van der Waals surface area contributed by atoms with Crippen LogP contribution in [0.15, 0.2) is 48.5 Å². The fourth-order valence-corrected chi connectivity index (χ4v) is 4.95. The first kappa shape index (κ1) is 36.9. The van der Waals surface area contributed by atoms with Gasteiger partial charge < -0.3 is 35.6 Å². The van der Waals surface area contributed by atoms with Gasteiger partial charge in [0.05, 0.1) is 36.8 Å². The first-order valence-electron chi connectivity index (χ1n) is 17.1. The molecule has 0 heterocycles. The lowest BCUT2D eigenvalue weighted by molar-refractivity contribution is 0.0414. The lowest BCUT2D eigenvalue weighted by Crippen LogP contribution is -2.27. The van der Waals surface area contributed by atoms with Crippen molar-refractivity contribution in [2.24, 2.45) is 0 Å². The van der Waals surface area contributed by atoms with Gasteiger partial charge in [0.25, 0.3) is 0 Å². The molecule has 0 spiro atoms. The Morgan fingerprint density at radius 1 is 0.558 bits per heavy atom. The molecule has 0 saturated heterocycles. The molecule has 5 N–H and O–H groups in total. The van der Waals surface area contributed by atoms with E-state index in [0.29, 0.717) is 39.5 Å². The topological polar surface area (TPSA) is 95.0 Å². The number of ether oxygens (including phenoxy) is 2. The molecule has 7 nitrogen and oxygen atoms in total. The van der Waals surface area contributed by atoms with Gasteiger partial charge in [-0.2, -0.15) is 0 Å². The predicted molar refractivity (Wildman–Crippen MR) is 183 cm³/mol. The van der Waals surface area contributed by atoms with Crippen molar-refractivity contribution < 1.29 is 19.7 Å². The van der Waals surface area contributed by atoms with Crippen LogP contribution < -0.4 is 16.0 Å². The van der Waals surface area contributed by atoms with Crippen molar-refractivity contribution in [1.29, 1.82) is 0 Å². The SMILES string of the molecule is CCCCCCCCCOCC(O)CNc1ccc(Nc2ccccc2)cc1NCC(O)COCCCCCCCCC. The Bertz CT molecular complexity index is 915. The van der Waals surface area contributed by atoms with Gasteiger partial charge in [-0.15, -0.1) is 0 Å². The van der Waals surface area contributed by atoms with Crippen LogP contribution in [0.4, 0.5) is 22.7 Å². The second-order valence-corrected chi connectivity index (χ2v) is 11.7. The number of rotatable bonds is 28. The summed E-state index contributed by atoms with van der Waals surface area (Å²) in [6.45, 7) is 7.22. The lowest BCUT2D eigenvalue weighted by atomic mass is 10.1. The minimum absolute atomic E-state index is 0.308. The highest BCUT2D eigenvalue weighted by atomic mass is 16.5. The molecule has 43 heavy (non-hydrogen) atoms. The monoisotopic (exact) mass is 599 g/mol. The molecule has 2 unspecified atom stereocenters. The second kappa shape index (κ2) is 25.1. The Balaban J connectivity index is 1.76. The first-order chi connectivity index (χ1) is 21.1. The molecule has 0 saturated carbocycles. The molecule has 0 fully saturated rings. The van der Waals surface area contributed by atoms with E-state index < -0.39 is 12.2 Å². The van der Waals surface area contributed by atoms with E-state index in [1.807, 2.05) is 48.5 Å². The summed E-state index contributed by atoms with van der Waals surface area (Å²) >= 11 is 0. The number of unbranched alkanes of at least 4 members (excludes halogenated alkanes) is 12. The molecule has 2 atom stereocenters. The van der Waals surface area contributed by atoms with Crippen molar-refractivity contribution in [3.8, 4) is 0 Å². The number of aliphatic hydroxyl groups is 2. The van der Waals surface area contributed by atoms with E-state index in [1.54, 1.807) is 0 Å². The molecule has 0 bridgehead atoms. The Morgan fingerprint density at radius 3 is 1.58 bits per heavy atom. The van der Waals surface area contributed by atoms with Gasteiger partial charge in [-0.1, -0.05) is 109 Å². The van der Waals surface area contributed by atoms with Crippen LogP contribution in [0.3, 0.4) is 0 Å². The van der Waals surface area contributed by atoms with Crippen LogP contribution in [0.25, 0.3) is 0 Å². The van der Waals surface area contributed by atoms with Gasteiger partial charge in [0, 0.05) is 37.7 Å². The number of anilines is 4. The minimum atomic E-state index is -0.617. The Morgan fingerprint density at radius 2 is 1.05 bits per heavy atom. The average Bonchev–Trinajstić information content (AvgIpc) is 3.02. The number of aliphatic hydroxyl groups excluding tert-OH is 2. The van der Waals surface area contributed by atoms with Gasteiger partial charge in [-0.05, 0) is 43.2 Å². The van der Waals surface area contributed by atoms with E-state index in [1.165, 1.54) is 77.0 Å². The number of nitrogens with one attached hydrogen (secondary N) is 3. The number of benzene rings is 2. The fraction of sp³-hybridized carbons (Fsp3) is 0.667. The predicted octanol–water partition coefficient (Wildman–Crippen LogP) is 8.51. The van der Waals surface area contributed by atoms with E-state index in [0.717, 1.165) is 35.6 Å². The zero-order valence-corrected chi connectivity index (χ0v) is 27.1. The van der Waals surface area contributed by atoms with Crippen LogP contribution in [-0.2, 0) is 9.47 Å². The normalized spacial score (nSPS) is 12.7. The highest BCUT2D eigenvalue weighted by Crippen LogP contribution is 2.28. The largest absolute Gasteiger partial charge is 0.389 e. The summed E-state index contributed by atoms with van der Waals surface area (Å²) in [5.74, 6) is 0. The smallest absolute Gasteiger partial charge is 0.0945 e. The summed E-state index contributed by atoms with van der Waals surface area (Å²) in [4.78, 5) is 0. The van der Waals surface area contributed by atoms with Gasteiger partial charge in [0.2, 0.25) is 0 Å². The molecule has 0 aliphatic rings. The number of hydrogen-bond donors (Lipinski definition) is 5. The van der Waals surface area contributed by atoms with Crippen LogP contribution in [0.2, 0.25) is 0 Å². The summed E-state index contributed by atoms with van der Waals surface area (Å²) in [5.41, 5.74) is 3.65. The van der Waals surface area contributed by atoms with Gasteiger partial charge in [-0.3, -0.25) is 0 Å². The Hall–Kier alpha value is -2.32. The summed E-state index contributed by atoms with van der Waals surface area (Å²) in [5, 5.41) is 31.2. The summed E-state index contributed by atoms with van der Waals surface area (Å²) < 4.78 is 11.5. The zero-order valence-electron chi connectivity index (χ0n) is 27.1. The Kier molecular flexibility index (Phi) is 21.5. The molecule has 244 valence electrons. The first-order valence-corrected chi connectivity index (χ1v) is 17.1. The van der Waals surface area contributed by atoms with Crippen LogP contribution >= 0.6 is 0 Å². The van der Waals surface area contributed by atoms with Crippen LogP contribution in [0, 0.1) is 0 Å². The number of hydrogen-bond acceptors (Lipinski definition) is 7. The third kappa shape index (κ3) is 18.8. The van der Waals surface area contributed by atoms with Crippen LogP contribution in [-0.4, -0.2) is 61.9 Å². The molecule has 0 aliphatic carbocycles. The van der Waals surface area contributed by atoms with Crippen molar-refractivity contribution in [3.05, 3.63) is 48.5 Å². The van der Waals surface area contributed by atoms with Crippen molar-refractivity contribution in [2.75, 3.05) is 55.5 Å². The van der Waals surface area contributed by atoms with Crippen molar-refractivity contribution >= 4 is 22.7 Å². The molecule has 0 aliphatic heterocycles. The molecule has 7 heteroatoms. The van der Waals surface area contributed by atoms with E-state index >= 15 is 0 Å². The minimum Gasteiger partial charge on any atom is -0.389 e. The maximum Gasteiger partial charge on any atom is 0.0945 e. The molecular formula is C36H61N3O4. The van der Waals surface area contributed by atoms with Gasteiger partial charge in [0.15, 0.2) is 0 Å². The summed E-state index contributed by atoms with van der Waals surface area (Å²) in [6.07, 6.45) is 16.2. The quantitative estimate of drug-likeness (QED) is 0.0626. The maximum atomic E-state index is 10.6. The molecular weight excluding hydrogens is 538 g/mol. The zero-order chi connectivity index (χ0) is 30.8. The van der Waals surface area contributed by atoms with E-state index in [4.69, 9.17) is 9.47 Å². The standard InChI is InChI=1S/C36H61N3O4/c1-3-5-7-9-11-13-18-24-42-29-33(40)27-37-35-23-22-32(39-31-20-16-15-17-21-31)26-36(35)38-28-34(41)30-43-25-19-14-12-10-8-6-4-2/h15-17,20-23,26,33-34,37-41H,3-14,18-19,24-25,27-30H2,1-2H3. The molecule has 2 rings (SSSR count). The molecule has 0 radical (unpaired) electrons. The number of para-hydroxylation sites is 1. The van der Waals surface area contributed by atoms with Gasteiger partial charge in [-0.25, -0.2) is 0 Å². The third-order valence-corrected chi connectivity index (χ3v) is 7.54.